The Morgan fingerprint density at radius 2 is 1.75 bits per heavy atom. The summed E-state index contributed by atoms with van der Waals surface area (Å²) in [7, 11) is 0. The van der Waals surface area contributed by atoms with Gasteiger partial charge in [0.2, 0.25) is 0 Å². The monoisotopic (exact) mass is 286 g/mol. The van der Waals surface area contributed by atoms with E-state index < -0.39 is 23.2 Å². The van der Waals surface area contributed by atoms with Gasteiger partial charge in [0.25, 0.3) is 5.91 Å². The molecule has 1 amide bonds. The van der Waals surface area contributed by atoms with Crippen molar-refractivity contribution >= 4 is 5.91 Å². The normalized spacial score (nSPS) is 12.1. The number of carbonyl (C=O) groups is 1. The van der Waals surface area contributed by atoms with Crippen molar-refractivity contribution in [3.63, 3.8) is 0 Å². The summed E-state index contributed by atoms with van der Waals surface area (Å²) >= 11 is 0. The average molecular weight is 286 g/mol. The molecule has 3 N–H and O–H groups in total. The molecule has 0 fully saturated rings. The lowest BCUT2D eigenvalue weighted by molar-refractivity contribution is -0.137. The van der Waals surface area contributed by atoms with Crippen LogP contribution in [0.4, 0.5) is 13.2 Å². The second-order valence-electron chi connectivity index (χ2n) is 5.23. The minimum Gasteiger partial charge on any atom is -0.395 e. The largest absolute Gasteiger partial charge is 0.416 e. The molecule has 0 aliphatic heterocycles. The topological polar surface area (TPSA) is 55.1 Å². The maximum Gasteiger partial charge on any atom is 0.416 e. The lowest BCUT2D eigenvalue weighted by Gasteiger charge is -2.26. The van der Waals surface area contributed by atoms with E-state index in [0.717, 1.165) is 12.1 Å². The molecule has 20 heavy (non-hydrogen) atoms. The number of nitrogens with two attached hydrogens (primary N) is 1. The zero-order valence-corrected chi connectivity index (χ0v) is 11.3. The molecule has 0 aliphatic carbocycles. The molecule has 6 heteroatoms. The molecule has 1 aromatic carbocycles. The molecule has 0 saturated carbocycles. The number of hydrogen-bond acceptors (Lipinski definition) is 2. The quantitative estimate of drug-likeness (QED) is 0.836. The van der Waals surface area contributed by atoms with Gasteiger partial charge in [-0.2, -0.15) is 13.2 Å². The predicted molar refractivity (Wildman–Crippen MR) is 70.7 cm³/mol. The summed E-state index contributed by atoms with van der Waals surface area (Å²) in [6.07, 6.45) is -3.97. The van der Waals surface area contributed by atoms with Crippen molar-refractivity contribution in [2.75, 3.05) is 0 Å². The van der Waals surface area contributed by atoms with Crippen molar-refractivity contribution in [1.29, 1.82) is 0 Å². The Bertz CT molecular complexity index is 504. The molecular weight excluding hydrogens is 269 g/mol. The zero-order chi connectivity index (χ0) is 15.6. The Kier molecular flexibility index (Phi) is 4.47. The molecule has 0 aliphatic rings. The Morgan fingerprint density at radius 3 is 2.15 bits per heavy atom. The molecule has 1 rings (SSSR count). The van der Waals surface area contributed by atoms with Gasteiger partial charge in [-0.05, 0) is 38.0 Å². The molecule has 0 unspecified atom stereocenters. The molecule has 0 saturated heterocycles. The molecule has 0 aromatic heterocycles. The van der Waals surface area contributed by atoms with Gasteiger partial charge in [0, 0.05) is 5.54 Å². The smallest absolute Gasteiger partial charge is 0.395 e. The summed E-state index contributed by atoms with van der Waals surface area (Å²) < 4.78 is 37.3. The zero-order valence-electron chi connectivity index (χ0n) is 11.3. The molecular formula is C14H17F3N2O. The third-order valence-corrected chi connectivity index (χ3v) is 2.67. The van der Waals surface area contributed by atoms with Crippen LogP contribution in [0.2, 0.25) is 0 Å². The second kappa shape index (κ2) is 5.56. The van der Waals surface area contributed by atoms with E-state index in [9.17, 15) is 18.0 Å². The lowest BCUT2D eigenvalue weighted by atomic mass is 9.94. The number of alkyl halides is 3. The molecule has 0 heterocycles. The van der Waals surface area contributed by atoms with Crippen molar-refractivity contribution < 1.29 is 18.0 Å². The maximum absolute atomic E-state index is 12.4. The Morgan fingerprint density at radius 1 is 1.25 bits per heavy atom. The van der Waals surface area contributed by atoms with Gasteiger partial charge in [-0.25, -0.2) is 0 Å². The van der Waals surface area contributed by atoms with Crippen LogP contribution < -0.4 is 11.1 Å². The molecule has 1 aromatic rings. The van der Waals surface area contributed by atoms with Crippen molar-refractivity contribution in [2.45, 2.75) is 32.0 Å². The summed E-state index contributed by atoms with van der Waals surface area (Å²) in [5.41, 5.74) is 4.52. The van der Waals surface area contributed by atoms with Crippen LogP contribution in [0, 0.1) is 0 Å². The molecule has 0 atom stereocenters. The van der Waals surface area contributed by atoms with E-state index in [1.807, 2.05) is 0 Å². The van der Waals surface area contributed by atoms with Gasteiger partial charge in [0.15, 0.2) is 0 Å². The number of halogens is 3. The average Bonchev–Trinajstić information content (AvgIpc) is 2.26. The highest BCUT2D eigenvalue weighted by Crippen LogP contribution is 2.29. The van der Waals surface area contributed by atoms with Crippen molar-refractivity contribution in [3.8, 4) is 0 Å². The molecule has 0 bridgehead atoms. The highest BCUT2D eigenvalue weighted by atomic mass is 19.4. The summed E-state index contributed by atoms with van der Waals surface area (Å²) in [5, 5.41) is 2.66. The maximum atomic E-state index is 12.4. The van der Waals surface area contributed by atoms with Crippen LogP contribution in [0.25, 0.3) is 0 Å². The third kappa shape index (κ3) is 4.60. The van der Waals surface area contributed by atoms with E-state index in [-0.39, 0.29) is 5.70 Å². The molecule has 110 valence electrons. The second-order valence-corrected chi connectivity index (χ2v) is 5.23. The number of carbonyl (C=O) groups excluding carboxylic acids is 1. The standard InChI is InChI=1S/C14H17F3N2O/c1-9(18)12(20)19-13(2,3)8-10-4-6-11(7-5-10)14(15,16)17/h4-7H,1,8,18H2,2-3H3,(H,19,20). The van der Waals surface area contributed by atoms with E-state index in [2.05, 4.69) is 11.9 Å². The lowest BCUT2D eigenvalue weighted by Crippen LogP contribution is -2.46. The summed E-state index contributed by atoms with van der Waals surface area (Å²) in [4.78, 5) is 11.4. The minimum atomic E-state index is -4.35. The van der Waals surface area contributed by atoms with Gasteiger partial charge in [-0.15, -0.1) is 0 Å². The highest BCUT2D eigenvalue weighted by molar-refractivity contribution is 5.92. The SMILES string of the molecule is C=C(N)C(=O)NC(C)(C)Cc1ccc(C(F)(F)F)cc1. The van der Waals surface area contributed by atoms with Crippen molar-refractivity contribution in [3.05, 3.63) is 47.7 Å². The first kappa shape index (κ1) is 16.1. The van der Waals surface area contributed by atoms with Crippen molar-refractivity contribution in [2.24, 2.45) is 5.73 Å². The summed E-state index contributed by atoms with van der Waals surface area (Å²) in [6.45, 7) is 6.84. The van der Waals surface area contributed by atoms with Gasteiger partial charge in [0.05, 0.1) is 11.3 Å². The van der Waals surface area contributed by atoms with E-state index in [1.165, 1.54) is 12.1 Å². The Balaban J connectivity index is 2.77. The van der Waals surface area contributed by atoms with Crippen LogP contribution in [0.15, 0.2) is 36.5 Å². The van der Waals surface area contributed by atoms with E-state index >= 15 is 0 Å². The van der Waals surface area contributed by atoms with Crippen LogP contribution in [0.5, 0.6) is 0 Å². The highest BCUT2D eigenvalue weighted by Gasteiger charge is 2.30. The first-order valence-corrected chi connectivity index (χ1v) is 5.94. The fourth-order valence-electron chi connectivity index (χ4n) is 1.75. The van der Waals surface area contributed by atoms with E-state index in [4.69, 9.17) is 5.73 Å². The van der Waals surface area contributed by atoms with Crippen LogP contribution in [0.1, 0.15) is 25.0 Å². The fourth-order valence-corrected chi connectivity index (χ4v) is 1.75. The Hall–Kier alpha value is -1.98. The van der Waals surface area contributed by atoms with Gasteiger partial charge < -0.3 is 11.1 Å². The number of rotatable bonds is 4. The predicted octanol–water partition coefficient (Wildman–Crippen LogP) is 2.62. The van der Waals surface area contributed by atoms with E-state index in [0.29, 0.717) is 12.0 Å². The summed E-state index contributed by atoms with van der Waals surface area (Å²) in [5.74, 6) is -0.484. The molecule has 0 spiro atoms. The number of amides is 1. The summed E-state index contributed by atoms with van der Waals surface area (Å²) in [6, 6.07) is 4.84. The Labute approximate surface area is 115 Å². The van der Waals surface area contributed by atoms with Crippen molar-refractivity contribution in [1.82, 2.24) is 5.32 Å². The molecule has 0 radical (unpaired) electrons. The van der Waals surface area contributed by atoms with Crippen LogP contribution in [0.3, 0.4) is 0 Å². The van der Waals surface area contributed by atoms with Crippen LogP contribution in [-0.2, 0) is 17.4 Å². The number of nitrogens with one attached hydrogen (secondary N) is 1. The van der Waals surface area contributed by atoms with Gasteiger partial charge in [-0.3, -0.25) is 4.79 Å². The van der Waals surface area contributed by atoms with Crippen LogP contribution >= 0.6 is 0 Å². The van der Waals surface area contributed by atoms with Crippen LogP contribution in [-0.4, -0.2) is 11.4 Å². The molecule has 3 nitrogen and oxygen atoms in total. The minimum absolute atomic E-state index is 0.106. The van der Waals surface area contributed by atoms with Gasteiger partial charge in [-0.1, -0.05) is 18.7 Å². The number of benzene rings is 1. The fraction of sp³-hybridized carbons (Fsp3) is 0.357. The third-order valence-electron chi connectivity index (χ3n) is 2.67. The van der Waals surface area contributed by atoms with E-state index in [1.54, 1.807) is 13.8 Å². The number of hydrogen-bond donors (Lipinski definition) is 2. The first-order chi connectivity index (χ1) is 9.01. The van der Waals surface area contributed by atoms with Gasteiger partial charge >= 0.3 is 6.18 Å². The van der Waals surface area contributed by atoms with Gasteiger partial charge in [0.1, 0.15) is 0 Å². The first-order valence-electron chi connectivity index (χ1n) is 5.94.